The number of nitrogens with one attached hydrogen (secondary N) is 3. The summed E-state index contributed by atoms with van der Waals surface area (Å²) in [6.45, 7) is 5.42. The fourth-order valence-corrected chi connectivity index (χ4v) is 5.74. The summed E-state index contributed by atoms with van der Waals surface area (Å²) in [5.41, 5.74) is 0.000573. The van der Waals surface area contributed by atoms with Crippen molar-refractivity contribution in [2.24, 2.45) is 0 Å². The van der Waals surface area contributed by atoms with Crippen LogP contribution in [0.2, 0.25) is 0 Å². The monoisotopic (exact) mass is 723 g/mol. The first kappa shape index (κ1) is 45.7. The van der Waals surface area contributed by atoms with E-state index in [2.05, 4.69) is 29.8 Å². The van der Waals surface area contributed by atoms with Crippen LogP contribution < -0.4 is 16.0 Å². The van der Waals surface area contributed by atoms with Crippen LogP contribution in [0.1, 0.15) is 171 Å². The van der Waals surface area contributed by atoms with Gasteiger partial charge in [0.2, 0.25) is 11.8 Å². The Morgan fingerprint density at radius 3 is 1.51 bits per heavy atom. The van der Waals surface area contributed by atoms with Crippen molar-refractivity contribution in [1.82, 2.24) is 16.0 Å². The number of amides is 3. The smallest absolute Gasteiger partial charge is 0.454 e. The van der Waals surface area contributed by atoms with Gasteiger partial charge in [0.05, 0.1) is 0 Å². The van der Waals surface area contributed by atoms with E-state index in [9.17, 15) is 37.5 Å². The summed E-state index contributed by atoms with van der Waals surface area (Å²) in [6.07, 6.45) is 18.6. The number of aliphatic hydroxyl groups is 1. The Balaban J connectivity index is 2.62. The Bertz CT molecular complexity index is 1150. The van der Waals surface area contributed by atoms with E-state index in [1.54, 1.807) is 0 Å². The first-order valence-electron chi connectivity index (χ1n) is 19.5. The maximum absolute atomic E-state index is 13.1. The van der Waals surface area contributed by atoms with Crippen molar-refractivity contribution in [1.29, 1.82) is 0 Å². The van der Waals surface area contributed by atoms with E-state index in [0.717, 1.165) is 44.9 Å². The van der Waals surface area contributed by atoms with Crippen LogP contribution >= 0.6 is 0 Å². The number of alkyl halides is 3. The third-order valence-electron chi connectivity index (χ3n) is 8.95. The van der Waals surface area contributed by atoms with E-state index in [4.69, 9.17) is 0 Å². The molecule has 0 heterocycles. The van der Waals surface area contributed by atoms with E-state index in [1.165, 1.54) is 108 Å². The van der Waals surface area contributed by atoms with Gasteiger partial charge < -0.3 is 21.1 Å². The second-order valence-corrected chi connectivity index (χ2v) is 13.5. The molecule has 0 aliphatic carbocycles. The van der Waals surface area contributed by atoms with Crippen LogP contribution in [0.5, 0.6) is 0 Å². The second kappa shape index (κ2) is 28.2. The average Bonchev–Trinajstić information content (AvgIpc) is 3.10. The molecule has 0 aliphatic rings. The normalized spacial score (nSPS) is 12.4. The van der Waals surface area contributed by atoms with Crippen LogP contribution in [0.15, 0.2) is 30.3 Å². The zero-order valence-electron chi connectivity index (χ0n) is 31.1. The molecule has 11 heteroatoms. The van der Waals surface area contributed by atoms with Gasteiger partial charge >= 0.3 is 6.18 Å². The van der Waals surface area contributed by atoms with Crippen LogP contribution in [0, 0.1) is 0 Å². The summed E-state index contributed by atoms with van der Waals surface area (Å²) in [5.74, 6) is -4.32. The van der Waals surface area contributed by atoms with Crippen molar-refractivity contribution in [3.05, 3.63) is 41.5 Å². The van der Waals surface area contributed by atoms with Crippen molar-refractivity contribution in [3.63, 3.8) is 0 Å². The van der Waals surface area contributed by atoms with E-state index < -0.39 is 35.6 Å². The zero-order valence-corrected chi connectivity index (χ0v) is 31.1. The fourth-order valence-electron chi connectivity index (χ4n) is 5.74. The molecule has 0 aromatic heterocycles. The molecule has 290 valence electrons. The summed E-state index contributed by atoms with van der Waals surface area (Å²) in [4.78, 5) is 50.0. The molecule has 1 aromatic carbocycles. The lowest BCUT2D eigenvalue weighted by Crippen LogP contribution is -2.47. The lowest BCUT2D eigenvalue weighted by molar-refractivity contribution is -0.165. The molecule has 0 spiro atoms. The van der Waals surface area contributed by atoms with Gasteiger partial charge in [-0.2, -0.15) is 13.2 Å². The van der Waals surface area contributed by atoms with Gasteiger partial charge in [-0.15, -0.1) is 0 Å². The van der Waals surface area contributed by atoms with E-state index in [0.29, 0.717) is 13.1 Å². The molecule has 8 nitrogen and oxygen atoms in total. The number of aliphatic hydroxyl groups excluding tert-OH is 1. The third kappa shape index (κ3) is 22.9. The standard InChI is InChI=1S/C40H64F3N3O5/c1-3-5-7-9-11-13-15-17-19-21-29-44-37(49)28-27-34(39(51)45-30-22-20-18-16-14-12-10-8-6-4-2)46-38(50)33-25-23-32(24-26-33)35(47)31-36(48)40(41,42)43/h23-26,31,34,47H,3-22,27-30H2,1-2H3,(H,44,49)(H,45,51)(H,46,50)/b35-31+. The Labute approximate surface area is 304 Å². The number of benzene rings is 1. The molecule has 1 unspecified atom stereocenters. The van der Waals surface area contributed by atoms with E-state index >= 15 is 0 Å². The lowest BCUT2D eigenvalue weighted by Gasteiger charge is -2.19. The molecule has 51 heavy (non-hydrogen) atoms. The third-order valence-corrected chi connectivity index (χ3v) is 8.95. The minimum absolute atomic E-state index is 0.0409. The van der Waals surface area contributed by atoms with Crippen LogP contribution in [-0.2, 0) is 14.4 Å². The highest BCUT2D eigenvalue weighted by atomic mass is 19.4. The van der Waals surface area contributed by atoms with Gasteiger partial charge in [-0.3, -0.25) is 19.2 Å². The Morgan fingerprint density at radius 2 is 1.06 bits per heavy atom. The van der Waals surface area contributed by atoms with Crippen LogP contribution in [-0.4, -0.2) is 53.9 Å². The molecule has 0 fully saturated rings. The van der Waals surface area contributed by atoms with Gasteiger partial charge in [-0.05, 0) is 31.4 Å². The fraction of sp³-hybridized carbons (Fsp3) is 0.700. The molecule has 1 aromatic rings. The maximum atomic E-state index is 13.1. The highest BCUT2D eigenvalue weighted by Gasteiger charge is 2.37. The van der Waals surface area contributed by atoms with Gasteiger partial charge in [0.25, 0.3) is 11.7 Å². The number of unbranched alkanes of at least 4 members (excludes halogenated alkanes) is 18. The first-order valence-corrected chi connectivity index (χ1v) is 19.5. The van der Waals surface area contributed by atoms with Gasteiger partial charge in [0.1, 0.15) is 11.8 Å². The largest absolute Gasteiger partial charge is 0.507 e. The molecule has 3 amide bonds. The van der Waals surface area contributed by atoms with Gasteiger partial charge in [-0.25, -0.2) is 0 Å². The molecule has 0 radical (unpaired) electrons. The van der Waals surface area contributed by atoms with Gasteiger partial charge in [-0.1, -0.05) is 142 Å². The summed E-state index contributed by atoms with van der Waals surface area (Å²) in [5, 5.41) is 18.4. The molecular weight excluding hydrogens is 659 g/mol. The summed E-state index contributed by atoms with van der Waals surface area (Å²) in [7, 11) is 0. The first-order chi connectivity index (χ1) is 24.5. The number of carbonyl (C=O) groups is 4. The number of halogens is 3. The molecular formula is C40H64F3N3O5. The van der Waals surface area contributed by atoms with Crippen molar-refractivity contribution in [2.75, 3.05) is 13.1 Å². The zero-order chi connectivity index (χ0) is 37.7. The molecule has 1 atom stereocenters. The number of hydrogen-bond acceptors (Lipinski definition) is 5. The molecule has 0 saturated carbocycles. The van der Waals surface area contributed by atoms with Crippen molar-refractivity contribution in [3.8, 4) is 0 Å². The summed E-state index contributed by atoms with van der Waals surface area (Å²) >= 11 is 0. The number of allylic oxidation sites excluding steroid dienone is 1. The van der Waals surface area contributed by atoms with Crippen LogP contribution in [0.25, 0.3) is 5.76 Å². The quantitative estimate of drug-likeness (QED) is 0.0358. The molecule has 0 bridgehead atoms. The number of carbonyl (C=O) groups excluding carboxylic acids is 4. The van der Waals surface area contributed by atoms with Crippen LogP contribution in [0.4, 0.5) is 13.2 Å². The summed E-state index contributed by atoms with van der Waals surface area (Å²) in [6, 6.07) is 3.95. The molecule has 1 rings (SSSR count). The predicted octanol–water partition coefficient (Wildman–Crippen LogP) is 9.67. The topological polar surface area (TPSA) is 125 Å². The second-order valence-electron chi connectivity index (χ2n) is 13.5. The van der Waals surface area contributed by atoms with E-state index in [-0.39, 0.29) is 36.0 Å². The average molecular weight is 724 g/mol. The molecule has 4 N–H and O–H groups in total. The lowest BCUT2D eigenvalue weighted by atomic mass is 10.1. The highest BCUT2D eigenvalue weighted by Crippen LogP contribution is 2.20. The van der Waals surface area contributed by atoms with Gasteiger partial charge in [0, 0.05) is 36.7 Å². The number of hydrogen-bond donors (Lipinski definition) is 4. The number of rotatable bonds is 30. The minimum atomic E-state index is -5.12. The molecule has 0 aliphatic heterocycles. The van der Waals surface area contributed by atoms with Crippen LogP contribution in [0.3, 0.4) is 0 Å². The molecule has 0 saturated heterocycles. The number of ketones is 1. The maximum Gasteiger partial charge on any atom is 0.454 e. The van der Waals surface area contributed by atoms with Crippen molar-refractivity contribution >= 4 is 29.3 Å². The summed E-state index contributed by atoms with van der Waals surface area (Å²) < 4.78 is 37.7. The van der Waals surface area contributed by atoms with Gasteiger partial charge in [0.15, 0.2) is 0 Å². The highest BCUT2D eigenvalue weighted by molar-refractivity contribution is 6.00. The Kier molecular flexibility index (Phi) is 25.3. The SMILES string of the molecule is CCCCCCCCCCCCNC(=O)CCC(NC(=O)c1ccc(/C(O)=C\C(=O)C(F)(F)F)cc1)C(=O)NCCCCCCCCCCCC. The minimum Gasteiger partial charge on any atom is -0.507 e. The van der Waals surface area contributed by atoms with E-state index in [1.807, 2.05) is 0 Å². The van der Waals surface area contributed by atoms with Crippen molar-refractivity contribution < 1.29 is 37.5 Å². The Hall–Kier alpha value is -3.37. The van der Waals surface area contributed by atoms with Crippen molar-refractivity contribution in [2.45, 2.75) is 167 Å². The Morgan fingerprint density at radius 1 is 0.647 bits per heavy atom. The predicted molar refractivity (Wildman–Crippen MR) is 198 cm³/mol.